The number of pyridine rings is 1. The highest BCUT2D eigenvalue weighted by Crippen LogP contribution is 2.29. The summed E-state index contributed by atoms with van der Waals surface area (Å²) in [7, 11) is 3.04. The molecule has 5 nitrogen and oxygen atoms in total. The van der Waals surface area contributed by atoms with Crippen LogP contribution in [0.1, 0.15) is 11.7 Å². The number of anilines is 1. The molecule has 1 atom stereocenters. The molecule has 1 aromatic heterocycles. The van der Waals surface area contributed by atoms with Crippen LogP contribution in [0.5, 0.6) is 11.5 Å². The molecule has 0 aliphatic carbocycles. The number of nitrogens with zero attached hydrogens (tertiary/aromatic N) is 1. The Morgan fingerprint density at radius 2 is 2.09 bits per heavy atom. The van der Waals surface area contributed by atoms with Crippen LogP contribution >= 0.6 is 11.6 Å². The lowest BCUT2D eigenvalue weighted by atomic mass is 10.1. The fourth-order valence-electron chi connectivity index (χ4n) is 1.95. The van der Waals surface area contributed by atoms with E-state index in [1.165, 1.54) is 20.4 Å². The summed E-state index contributed by atoms with van der Waals surface area (Å²) in [6.45, 7) is 0.0507. The van der Waals surface area contributed by atoms with Gasteiger partial charge < -0.3 is 19.9 Å². The van der Waals surface area contributed by atoms with Gasteiger partial charge in [-0.3, -0.25) is 0 Å². The number of aromatic nitrogens is 1. The minimum Gasteiger partial charge on any atom is -0.497 e. The standard InChI is InChI=1S/C15H16ClFN2O3/c1-21-10-3-4-14(22-2)11(6-10)13(20)8-19-15-12(17)5-9(16)7-18-15/h3-7,13,20H,8H2,1-2H3,(H,18,19). The fraction of sp³-hybridized carbons (Fsp3) is 0.267. The van der Waals surface area contributed by atoms with E-state index in [0.29, 0.717) is 17.1 Å². The number of halogens is 2. The van der Waals surface area contributed by atoms with Crippen LogP contribution in [-0.2, 0) is 0 Å². The summed E-state index contributed by atoms with van der Waals surface area (Å²) < 4.78 is 24.0. The summed E-state index contributed by atoms with van der Waals surface area (Å²) >= 11 is 5.64. The molecule has 0 amide bonds. The molecule has 2 N–H and O–H groups in total. The maximum absolute atomic E-state index is 13.6. The van der Waals surface area contributed by atoms with Crippen LogP contribution in [0.4, 0.5) is 10.2 Å². The van der Waals surface area contributed by atoms with E-state index in [4.69, 9.17) is 21.1 Å². The number of nitrogens with one attached hydrogen (secondary N) is 1. The molecular weight excluding hydrogens is 311 g/mol. The third-order valence-corrected chi connectivity index (χ3v) is 3.27. The Hall–Kier alpha value is -2.05. The Bertz CT molecular complexity index is 655. The summed E-state index contributed by atoms with van der Waals surface area (Å²) in [4.78, 5) is 3.83. The van der Waals surface area contributed by atoms with Crippen LogP contribution in [0.2, 0.25) is 5.02 Å². The molecule has 22 heavy (non-hydrogen) atoms. The molecule has 2 rings (SSSR count). The molecule has 118 valence electrons. The number of benzene rings is 1. The largest absolute Gasteiger partial charge is 0.497 e. The van der Waals surface area contributed by atoms with Crippen LogP contribution in [0.3, 0.4) is 0 Å². The van der Waals surface area contributed by atoms with Crippen molar-refractivity contribution in [1.82, 2.24) is 4.98 Å². The number of hydrogen-bond donors (Lipinski definition) is 2. The molecule has 0 aliphatic heterocycles. The summed E-state index contributed by atoms with van der Waals surface area (Å²) in [6.07, 6.45) is 0.396. The van der Waals surface area contributed by atoms with Crippen molar-refractivity contribution in [2.75, 3.05) is 26.1 Å². The molecule has 0 radical (unpaired) electrons. The molecule has 0 bridgehead atoms. The van der Waals surface area contributed by atoms with Gasteiger partial charge in [-0.25, -0.2) is 9.37 Å². The molecule has 0 fully saturated rings. The van der Waals surface area contributed by atoms with E-state index in [-0.39, 0.29) is 17.4 Å². The molecule has 0 saturated carbocycles. The molecule has 7 heteroatoms. The lowest BCUT2D eigenvalue weighted by Crippen LogP contribution is -2.14. The van der Waals surface area contributed by atoms with Gasteiger partial charge in [-0.1, -0.05) is 11.6 Å². The zero-order valence-corrected chi connectivity index (χ0v) is 12.9. The molecule has 1 unspecified atom stereocenters. The number of hydrogen-bond acceptors (Lipinski definition) is 5. The summed E-state index contributed by atoms with van der Waals surface area (Å²) in [5, 5.41) is 13.2. The van der Waals surface area contributed by atoms with Crippen LogP contribution in [-0.4, -0.2) is 30.9 Å². The second-order valence-corrected chi connectivity index (χ2v) is 4.92. The zero-order chi connectivity index (χ0) is 16.1. The smallest absolute Gasteiger partial charge is 0.166 e. The Kier molecular flexibility index (Phi) is 5.41. The molecule has 1 heterocycles. The van der Waals surface area contributed by atoms with Crippen molar-refractivity contribution in [3.05, 3.63) is 46.9 Å². The van der Waals surface area contributed by atoms with Gasteiger partial charge in [0.15, 0.2) is 11.6 Å². The van der Waals surface area contributed by atoms with Crippen molar-refractivity contribution in [2.24, 2.45) is 0 Å². The minimum atomic E-state index is -0.929. The second-order valence-electron chi connectivity index (χ2n) is 4.49. The van der Waals surface area contributed by atoms with Gasteiger partial charge in [0.2, 0.25) is 0 Å². The zero-order valence-electron chi connectivity index (χ0n) is 12.1. The molecule has 0 saturated heterocycles. The lowest BCUT2D eigenvalue weighted by Gasteiger charge is -2.17. The van der Waals surface area contributed by atoms with Gasteiger partial charge in [0, 0.05) is 18.3 Å². The number of methoxy groups -OCH3 is 2. The van der Waals surface area contributed by atoms with Crippen molar-refractivity contribution in [1.29, 1.82) is 0 Å². The fourth-order valence-corrected chi connectivity index (χ4v) is 2.09. The monoisotopic (exact) mass is 326 g/mol. The van der Waals surface area contributed by atoms with Crippen molar-refractivity contribution < 1.29 is 19.0 Å². The molecule has 0 spiro atoms. The molecular formula is C15H16ClFN2O3. The van der Waals surface area contributed by atoms with Gasteiger partial charge in [0.05, 0.1) is 25.3 Å². The maximum Gasteiger partial charge on any atom is 0.166 e. The number of rotatable bonds is 6. The van der Waals surface area contributed by atoms with Gasteiger partial charge >= 0.3 is 0 Å². The van der Waals surface area contributed by atoms with Crippen LogP contribution in [0.25, 0.3) is 0 Å². The second kappa shape index (κ2) is 7.29. The lowest BCUT2D eigenvalue weighted by molar-refractivity contribution is 0.186. The first kappa shape index (κ1) is 16.3. The highest BCUT2D eigenvalue weighted by Gasteiger charge is 2.15. The average molecular weight is 327 g/mol. The number of aliphatic hydroxyl groups is 1. The molecule has 1 aromatic carbocycles. The van der Waals surface area contributed by atoms with Gasteiger partial charge in [0.25, 0.3) is 0 Å². The predicted octanol–water partition coefficient (Wildman–Crippen LogP) is 3.04. The summed E-state index contributed by atoms with van der Waals surface area (Å²) in [6, 6.07) is 6.23. The van der Waals surface area contributed by atoms with Gasteiger partial charge in [0.1, 0.15) is 11.5 Å². The van der Waals surface area contributed by atoms with Gasteiger partial charge in [-0.2, -0.15) is 0 Å². The highest BCUT2D eigenvalue weighted by molar-refractivity contribution is 6.30. The first-order chi connectivity index (χ1) is 10.5. The first-order valence-electron chi connectivity index (χ1n) is 6.50. The van der Waals surface area contributed by atoms with E-state index >= 15 is 0 Å². The van der Waals surface area contributed by atoms with Crippen LogP contribution < -0.4 is 14.8 Å². The van der Waals surface area contributed by atoms with E-state index in [9.17, 15) is 9.50 Å². The van der Waals surface area contributed by atoms with Crippen molar-refractivity contribution in [3.8, 4) is 11.5 Å². The van der Waals surface area contributed by atoms with E-state index in [2.05, 4.69) is 10.3 Å². The SMILES string of the molecule is COc1ccc(OC)c(C(O)CNc2ncc(Cl)cc2F)c1. The third-order valence-electron chi connectivity index (χ3n) is 3.07. The third kappa shape index (κ3) is 3.78. The van der Waals surface area contributed by atoms with E-state index in [0.717, 1.165) is 6.07 Å². The van der Waals surface area contributed by atoms with Crippen molar-refractivity contribution >= 4 is 17.4 Å². The number of ether oxygens (including phenoxy) is 2. The highest BCUT2D eigenvalue weighted by atomic mass is 35.5. The van der Waals surface area contributed by atoms with E-state index in [1.54, 1.807) is 18.2 Å². The normalized spacial score (nSPS) is 11.9. The Balaban J connectivity index is 2.13. The van der Waals surface area contributed by atoms with Gasteiger partial charge in [-0.05, 0) is 24.3 Å². The van der Waals surface area contributed by atoms with Crippen molar-refractivity contribution in [2.45, 2.75) is 6.10 Å². The Labute approximate surface area is 132 Å². The van der Waals surface area contributed by atoms with Crippen LogP contribution in [0.15, 0.2) is 30.5 Å². The van der Waals surface area contributed by atoms with Gasteiger partial charge in [-0.15, -0.1) is 0 Å². The first-order valence-corrected chi connectivity index (χ1v) is 6.88. The average Bonchev–Trinajstić information content (AvgIpc) is 2.53. The van der Waals surface area contributed by atoms with Crippen LogP contribution in [0, 0.1) is 5.82 Å². The predicted molar refractivity (Wildman–Crippen MR) is 82.2 cm³/mol. The maximum atomic E-state index is 13.6. The Morgan fingerprint density at radius 3 is 2.73 bits per heavy atom. The minimum absolute atomic E-state index is 0.0188. The summed E-state index contributed by atoms with van der Waals surface area (Å²) in [5.74, 6) is 0.535. The topological polar surface area (TPSA) is 63.6 Å². The van der Waals surface area contributed by atoms with E-state index in [1.807, 2.05) is 0 Å². The Morgan fingerprint density at radius 1 is 1.32 bits per heavy atom. The molecule has 0 aliphatic rings. The summed E-state index contributed by atoms with van der Waals surface area (Å²) in [5.41, 5.74) is 0.531. The molecule has 2 aromatic rings. The number of aliphatic hydroxyl groups excluding tert-OH is 1. The van der Waals surface area contributed by atoms with Crippen molar-refractivity contribution in [3.63, 3.8) is 0 Å². The quantitative estimate of drug-likeness (QED) is 0.854. The van der Waals surface area contributed by atoms with E-state index < -0.39 is 11.9 Å².